The standard InChI is InChI=1S/C15H21NOS/c1-2-11-3-4-12(18-11)9-14(17)13-10-15(13)5-7-16-8-6-15/h3-4,13,16H,2,5-10H2,1H3. The molecule has 1 aliphatic carbocycles. The molecular formula is C15H21NOS. The van der Waals surface area contributed by atoms with Crippen LogP contribution in [0.5, 0.6) is 0 Å². The van der Waals surface area contributed by atoms with Crippen molar-refractivity contribution in [3.8, 4) is 0 Å². The highest BCUT2D eigenvalue weighted by atomic mass is 32.1. The predicted molar refractivity (Wildman–Crippen MR) is 75.1 cm³/mol. The van der Waals surface area contributed by atoms with Crippen molar-refractivity contribution in [2.24, 2.45) is 11.3 Å². The van der Waals surface area contributed by atoms with Gasteiger partial charge in [0.1, 0.15) is 5.78 Å². The second-order valence-corrected chi connectivity index (χ2v) is 6.99. The van der Waals surface area contributed by atoms with Crippen LogP contribution in [-0.2, 0) is 17.6 Å². The Kier molecular flexibility index (Phi) is 3.29. The topological polar surface area (TPSA) is 29.1 Å². The van der Waals surface area contributed by atoms with Crippen LogP contribution in [0.2, 0.25) is 0 Å². The third-order valence-corrected chi connectivity index (χ3v) is 5.82. The van der Waals surface area contributed by atoms with Crippen molar-refractivity contribution in [3.63, 3.8) is 0 Å². The maximum atomic E-state index is 12.3. The second kappa shape index (κ2) is 4.78. The average Bonchev–Trinajstić information content (AvgIpc) is 2.88. The molecule has 1 N–H and O–H groups in total. The Morgan fingerprint density at radius 2 is 2.11 bits per heavy atom. The summed E-state index contributed by atoms with van der Waals surface area (Å²) in [5.74, 6) is 0.855. The SMILES string of the molecule is CCc1ccc(CC(=O)C2CC23CCNCC3)s1. The molecule has 18 heavy (non-hydrogen) atoms. The smallest absolute Gasteiger partial charge is 0.141 e. The van der Waals surface area contributed by atoms with Crippen molar-refractivity contribution < 1.29 is 4.79 Å². The van der Waals surface area contributed by atoms with Crippen molar-refractivity contribution in [1.82, 2.24) is 5.32 Å². The molecule has 2 fully saturated rings. The summed E-state index contributed by atoms with van der Waals surface area (Å²) in [7, 11) is 0. The molecule has 1 unspecified atom stereocenters. The Balaban J connectivity index is 1.59. The molecule has 1 aromatic heterocycles. The lowest BCUT2D eigenvalue weighted by molar-refractivity contribution is -0.120. The van der Waals surface area contributed by atoms with Gasteiger partial charge < -0.3 is 5.32 Å². The third kappa shape index (κ3) is 2.26. The average molecular weight is 263 g/mol. The second-order valence-electron chi connectivity index (χ2n) is 5.73. The molecule has 2 nitrogen and oxygen atoms in total. The van der Waals surface area contributed by atoms with E-state index in [4.69, 9.17) is 0 Å². The zero-order chi connectivity index (χ0) is 12.6. The Labute approximate surface area is 113 Å². The number of carbonyl (C=O) groups is 1. The molecule has 3 heteroatoms. The Hall–Kier alpha value is -0.670. The predicted octanol–water partition coefficient (Wildman–Crippen LogP) is 2.81. The fraction of sp³-hybridized carbons (Fsp3) is 0.667. The van der Waals surface area contributed by atoms with Crippen LogP contribution in [0.15, 0.2) is 12.1 Å². The Bertz CT molecular complexity index is 445. The summed E-state index contributed by atoms with van der Waals surface area (Å²) in [6.07, 6.45) is 5.31. The van der Waals surface area contributed by atoms with Gasteiger partial charge in [-0.15, -0.1) is 11.3 Å². The molecule has 3 rings (SSSR count). The first kappa shape index (κ1) is 12.4. The fourth-order valence-corrected chi connectivity index (χ4v) is 4.25. The number of hydrogen-bond donors (Lipinski definition) is 1. The molecule has 0 amide bonds. The van der Waals surface area contributed by atoms with Gasteiger partial charge in [-0.25, -0.2) is 0 Å². The summed E-state index contributed by atoms with van der Waals surface area (Å²) < 4.78 is 0. The highest BCUT2D eigenvalue weighted by Gasteiger charge is 2.56. The van der Waals surface area contributed by atoms with Crippen LogP contribution in [0.4, 0.5) is 0 Å². The minimum absolute atomic E-state index is 0.367. The number of rotatable bonds is 4. The van der Waals surface area contributed by atoms with E-state index in [1.807, 2.05) is 11.3 Å². The highest BCUT2D eigenvalue weighted by Crippen LogP contribution is 2.59. The number of hydrogen-bond acceptors (Lipinski definition) is 3. The number of carbonyl (C=O) groups excluding carboxylic acids is 1. The van der Waals surface area contributed by atoms with Crippen molar-refractivity contribution in [2.45, 2.75) is 39.0 Å². The van der Waals surface area contributed by atoms with E-state index in [1.165, 1.54) is 22.6 Å². The van der Waals surface area contributed by atoms with Gasteiger partial charge in [0.05, 0.1) is 0 Å². The molecule has 1 aliphatic heterocycles. The first-order valence-corrected chi connectivity index (χ1v) is 7.86. The molecular weight excluding hydrogens is 242 g/mol. The van der Waals surface area contributed by atoms with Crippen LogP contribution in [0.3, 0.4) is 0 Å². The quantitative estimate of drug-likeness (QED) is 0.905. The van der Waals surface area contributed by atoms with Crippen LogP contribution in [0.25, 0.3) is 0 Å². The van der Waals surface area contributed by atoms with Crippen LogP contribution >= 0.6 is 11.3 Å². The van der Waals surface area contributed by atoms with E-state index < -0.39 is 0 Å². The molecule has 1 spiro atoms. The number of piperidine rings is 1. The van der Waals surface area contributed by atoms with Gasteiger partial charge in [0.15, 0.2) is 0 Å². The molecule has 1 saturated heterocycles. The zero-order valence-corrected chi connectivity index (χ0v) is 11.8. The lowest BCUT2D eigenvalue weighted by atomic mass is 9.90. The highest BCUT2D eigenvalue weighted by molar-refractivity contribution is 7.12. The van der Waals surface area contributed by atoms with E-state index in [2.05, 4.69) is 24.4 Å². The lowest BCUT2D eigenvalue weighted by Crippen LogP contribution is -2.30. The molecule has 0 aromatic carbocycles. The molecule has 98 valence electrons. The van der Waals surface area contributed by atoms with Gasteiger partial charge in [0.25, 0.3) is 0 Å². The maximum Gasteiger partial charge on any atom is 0.141 e. The van der Waals surface area contributed by atoms with Crippen LogP contribution < -0.4 is 5.32 Å². The van der Waals surface area contributed by atoms with Gasteiger partial charge in [0.2, 0.25) is 0 Å². The van der Waals surface area contributed by atoms with E-state index in [9.17, 15) is 4.79 Å². The summed E-state index contributed by atoms with van der Waals surface area (Å²) in [6.45, 7) is 4.37. The fourth-order valence-electron chi connectivity index (χ4n) is 3.28. The molecule has 1 atom stereocenters. The van der Waals surface area contributed by atoms with Gasteiger partial charge in [0, 0.05) is 22.1 Å². The minimum atomic E-state index is 0.367. The number of thiophene rings is 1. The Morgan fingerprint density at radius 1 is 1.39 bits per heavy atom. The number of ketones is 1. The van der Waals surface area contributed by atoms with Crippen molar-refractivity contribution >= 4 is 17.1 Å². The van der Waals surface area contributed by atoms with E-state index >= 15 is 0 Å². The lowest BCUT2D eigenvalue weighted by Gasteiger charge is -2.23. The van der Waals surface area contributed by atoms with Crippen LogP contribution in [-0.4, -0.2) is 18.9 Å². The van der Waals surface area contributed by atoms with Gasteiger partial charge in [-0.05, 0) is 56.3 Å². The Morgan fingerprint density at radius 3 is 2.78 bits per heavy atom. The van der Waals surface area contributed by atoms with E-state index in [-0.39, 0.29) is 0 Å². The minimum Gasteiger partial charge on any atom is -0.317 e. The molecule has 1 aromatic rings. The first-order valence-electron chi connectivity index (χ1n) is 7.04. The number of nitrogens with one attached hydrogen (secondary N) is 1. The molecule has 2 aliphatic rings. The van der Waals surface area contributed by atoms with E-state index in [0.717, 1.165) is 25.9 Å². The first-order chi connectivity index (χ1) is 8.73. The van der Waals surface area contributed by atoms with Gasteiger partial charge in [-0.3, -0.25) is 4.79 Å². The molecule has 0 radical (unpaired) electrons. The number of Topliss-reactive ketones (excluding diaryl/α,β-unsaturated/α-hetero) is 1. The van der Waals surface area contributed by atoms with Crippen LogP contribution in [0.1, 0.15) is 35.9 Å². The van der Waals surface area contributed by atoms with E-state index in [0.29, 0.717) is 23.5 Å². The van der Waals surface area contributed by atoms with Crippen molar-refractivity contribution in [2.75, 3.05) is 13.1 Å². The summed E-state index contributed by atoms with van der Waals surface area (Å²) in [4.78, 5) is 15.0. The van der Waals surface area contributed by atoms with E-state index in [1.54, 1.807) is 0 Å². The van der Waals surface area contributed by atoms with Crippen molar-refractivity contribution in [1.29, 1.82) is 0 Å². The van der Waals surface area contributed by atoms with Crippen LogP contribution in [0, 0.1) is 11.3 Å². The van der Waals surface area contributed by atoms with Gasteiger partial charge in [-0.2, -0.15) is 0 Å². The summed E-state index contributed by atoms with van der Waals surface area (Å²) in [5, 5.41) is 3.39. The third-order valence-electron chi connectivity index (χ3n) is 4.59. The molecule has 1 saturated carbocycles. The van der Waals surface area contributed by atoms with Crippen molar-refractivity contribution in [3.05, 3.63) is 21.9 Å². The van der Waals surface area contributed by atoms with Gasteiger partial charge in [-0.1, -0.05) is 6.92 Å². The summed E-state index contributed by atoms with van der Waals surface area (Å²) in [6, 6.07) is 4.30. The maximum absolute atomic E-state index is 12.3. The number of aryl methyl sites for hydroxylation is 1. The monoisotopic (exact) mass is 263 g/mol. The largest absolute Gasteiger partial charge is 0.317 e. The normalized spacial score (nSPS) is 25.3. The molecule has 0 bridgehead atoms. The summed E-state index contributed by atoms with van der Waals surface area (Å²) in [5.41, 5.74) is 0.396. The molecule has 2 heterocycles. The zero-order valence-electron chi connectivity index (χ0n) is 11.0. The van der Waals surface area contributed by atoms with Gasteiger partial charge >= 0.3 is 0 Å². The summed E-state index contributed by atoms with van der Waals surface area (Å²) >= 11 is 1.81.